The molecule has 0 aliphatic heterocycles. The second-order valence-corrected chi connectivity index (χ2v) is 9.67. The Hall–Kier alpha value is -1.18. The summed E-state index contributed by atoms with van der Waals surface area (Å²) in [4.78, 5) is 25.8. The third kappa shape index (κ3) is 1.81. The Balaban J connectivity index is 1.50. The Morgan fingerprint density at radius 1 is 0.826 bits per heavy atom. The average Bonchev–Trinajstić information content (AvgIpc) is 3.15. The lowest BCUT2D eigenvalue weighted by atomic mass is 9.62. The molecule has 5 rings (SSSR count). The van der Waals surface area contributed by atoms with E-state index < -0.39 is 5.41 Å². The van der Waals surface area contributed by atoms with Gasteiger partial charge in [0.05, 0.1) is 5.41 Å². The lowest BCUT2D eigenvalue weighted by molar-refractivity contribution is -0.147. The summed E-state index contributed by atoms with van der Waals surface area (Å²) in [5, 5.41) is 0. The van der Waals surface area contributed by atoms with Crippen molar-refractivity contribution in [3.63, 3.8) is 0 Å². The molecular weight excluding hydrogens is 284 g/mol. The molecular formula is C21H26O2. The zero-order valence-corrected chi connectivity index (χ0v) is 14.2. The molecule has 4 fully saturated rings. The van der Waals surface area contributed by atoms with Crippen LogP contribution in [0.4, 0.5) is 0 Å². The van der Waals surface area contributed by atoms with Gasteiger partial charge in [0, 0.05) is 12.8 Å². The molecule has 0 aromatic heterocycles. The highest BCUT2D eigenvalue weighted by Gasteiger charge is 2.57. The van der Waals surface area contributed by atoms with E-state index >= 15 is 0 Å². The van der Waals surface area contributed by atoms with E-state index in [9.17, 15) is 9.59 Å². The van der Waals surface area contributed by atoms with Gasteiger partial charge in [0.15, 0.2) is 0 Å². The van der Waals surface area contributed by atoms with Crippen LogP contribution in [0, 0.1) is 34.5 Å². The van der Waals surface area contributed by atoms with Crippen LogP contribution in [0.2, 0.25) is 0 Å². The van der Waals surface area contributed by atoms with E-state index in [0.717, 1.165) is 11.8 Å². The lowest BCUT2D eigenvalue weighted by Gasteiger charge is -2.38. The summed E-state index contributed by atoms with van der Waals surface area (Å²) in [5.41, 5.74) is 1.86. The van der Waals surface area contributed by atoms with Crippen molar-refractivity contribution in [3.8, 4) is 0 Å². The molecule has 0 saturated heterocycles. The van der Waals surface area contributed by atoms with Crippen LogP contribution < -0.4 is 0 Å². The van der Waals surface area contributed by atoms with E-state index in [1.165, 1.54) is 30.4 Å². The standard InChI is InChI=1S/C21H26O2/c1-20(2)10-18(22)21(19(23)11-20)8-14-6-16-12-3-4-13(5-12)17(16)7-15(14)9-21/h6-7,12-13,16-17H,3-5,8-11H2,1-2H3. The van der Waals surface area contributed by atoms with E-state index in [-0.39, 0.29) is 17.0 Å². The maximum absolute atomic E-state index is 12.9. The van der Waals surface area contributed by atoms with E-state index in [4.69, 9.17) is 0 Å². The SMILES string of the molecule is CC1(C)CC(=O)C2(CC3=CC4C5CCC(C5)C4C=C3C2)C(=O)C1. The Labute approximate surface area is 138 Å². The molecule has 0 N–H and O–H groups in total. The number of carbonyl (C=O) groups excluding carboxylic acids is 2. The highest BCUT2D eigenvalue weighted by molar-refractivity contribution is 6.11. The molecule has 2 nitrogen and oxygen atoms in total. The predicted octanol–water partition coefficient (Wildman–Crippen LogP) is 4.25. The zero-order chi connectivity index (χ0) is 16.0. The number of ketones is 2. The maximum Gasteiger partial charge on any atom is 0.147 e. The van der Waals surface area contributed by atoms with Gasteiger partial charge in [-0.3, -0.25) is 9.59 Å². The van der Waals surface area contributed by atoms with Crippen molar-refractivity contribution in [3.05, 3.63) is 23.3 Å². The van der Waals surface area contributed by atoms with Gasteiger partial charge in [-0.15, -0.1) is 0 Å². The molecule has 4 atom stereocenters. The summed E-state index contributed by atoms with van der Waals surface area (Å²) in [5.74, 6) is 3.55. The minimum atomic E-state index is -0.690. The summed E-state index contributed by atoms with van der Waals surface area (Å²) in [6.07, 6.45) is 11.7. The van der Waals surface area contributed by atoms with Gasteiger partial charge in [0.25, 0.3) is 0 Å². The van der Waals surface area contributed by atoms with E-state index in [1.807, 2.05) is 0 Å². The molecule has 2 bridgehead atoms. The van der Waals surface area contributed by atoms with Gasteiger partial charge in [-0.1, -0.05) is 26.0 Å². The number of fused-ring (bicyclic) bond motifs is 6. The summed E-state index contributed by atoms with van der Waals surface area (Å²) in [6.45, 7) is 4.11. The topological polar surface area (TPSA) is 34.1 Å². The fraction of sp³-hybridized carbons (Fsp3) is 0.714. The minimum Gasteiger partial charge on any atom is -0.299 e. The lowest BCUT2D eigenvalue weighted by Crippen LogP contribution is -2.46. The molecule has 1 spiro atoms. The van der Waals surface area contributed by atoms with E-state index in [0.29, 0.717) is 37.5 Å². The fourth-order valence-corrected chi connectivity index (χ4v) is 6.43. The van der Waals surface area contributed by atoms with Crippen LogP contribution in [0.1, 0.15) is 58.8 Å². The second-order valence-electron chi connectivity index (χ2n) is 9.67. The largest absolute Gasteiger partial charge is 0.299 e. The molecule has 122 valence electrons. The molecule has 5 aliphatic rings. The fourth-order valence-electron chi connectivity index (χ4n) is 6.43. The molecule has 0 amide bonds. The van der Waals surface area contributed by atoms with Crippen LogP contribution in [-0.2, 0) is 9.59 Å². The van der Waals surface area contributed by atoms with Gasteiger partial charge < -0.3 is 0 Å². The highest BCUT2D eigenvalue weighted by Crippen LogP contribution is 2.60. The number of rotatable bonds is 0. The van der Waals surface area contributed by atoms with Crippen molar-refractivity contribution < 1.29 is 9.59 Å². The van der Waals surface area contributed by atoms with Gasteiger partial charge in [-0.25, -0.2) is 0 Å². The Morgan fingerprint density at radius 2 is 1.30 bits per heavy atom. The van der Waals surface area contributed by atoms with Crippen molar-refractivity contribution >= 4 is 11.6 Å². The summed E-state index contributed by atoms with van der Waals surface area (Å²) in [6, 6.07) is 0. The van der Waals surface area contributed by atoms with Crippen LogP contribution in [0.25, 0.3) is 0 Å². The average molecular weight is 310 g/mol. The first-order valence-corrected chi connectivity index (χ1v) is 9.36. The molecule has 0 aromatic carbocycles. The Kier molecular flexibility index (Phi) is 2.63. The first-order chi connectivity index (χ1) is 10.9. The number of hydrogen-bond acceptors (Lipinski definition) is 2. The van der Waals surface area contributed by atoms with Crippen LogP contribution in [0.5, 0.6) is 0 Å². The van der Waals surface area contributed by atoms with Gasteiger partial charge in [-0.2, -0.15) is 0 Å². The smallest absolute Gasteiger partial charge is 0.147 e. The molecule has 0 radical (unpaired) electrons. The van der Waals surface area contributed by atoms with Crippen molar-refractivity contribution in [2.45, 2.75) is 58.8 Å². The summed E-state index contributed by atoms with van der Waals surface area (Å²) < 4.78 is 0. The molecule has 0 aromatic rings. The molecule has 0 heterocycles. The van der Waals surface area contributed by atoms with Crippen molar-refractivity contribution in [2.24, 2.45) is 34.5 Å². The second kappa shape index (κ2) is 4.26. The highest BCUT2D eigenvalue weighted by atomic mass is 16.2. The molecule has 4 unspecified atom stereocenters. The maximum atomic E-state index is 12.9. The van der Waals surface area contributed by atoms with Crippen LogP contribution in [0.3, 0.4) is 0 Å². The van der Waals surface area contributed by atoms with Gasteiger partial charge in [0.2, 0.25) is 0 Å². The normalized spacial score (nSPS) is 42.5. The summed E-state index contributed by atoms with van der Waals surface area (Å²) in [7, 11) is 0. The molecule has 2 heteroatoms. The third-order valence-corrected chi connectivity index (χ3v) is 7.58. The Morgan fingerprint density at radius 3 is 1.78 bits per heavy atom. The van der Waals surface area contributed by atoms with Crippen molar-refractivity contribution in [1.29, 1.82) is 0 Å². The van der Waals surface area contributed by atoms with Gasteiger partial charge in [-0.05, 0) is 72.3 Å². The quantitative estimate of drug-likeness (QED) is 0.627. The third-order valence-electron chi connectivity index (χ3n) is 7.58. The Bertz CT molecular complexity index is 622. The first kappa shape index (κ1) is 14.2. The van der Waals surface area contributed by atoms with Crippen LogP contribution in [0.15, 0.2) is 23.3 Å². The zero-order valence-electron chi connectivity index (χ0n) is 14.2. The van der Waals surface area contributed by atoms with Gasteiger partial charge >= 0.3 is 0 Å². The molecule has 5 aliphatic carbocycles. The monoisotopic (exact) mass is 310 g/mol. The number of carbonyl (C=O) groups is 2. The van der Waals surface area contributed by atoms with E-state index in [1.54, 1.807) is 0 Å². The minimum absolute atomic E-state index is 0.147. The molecule has 23 heavy (non-hydrogen) atoms. The summed E-state index contributed by atoms with van der Waals surface area (Å²) >= 11 is 0. The number of hydrogen-bond donors (Lipinski definition) is 0. The van der Waals surface area contributed by atoms with Crippen LogP contribution >= 0.6 is 0 Å². The van der Waals surface area contributed by atoms with E-state index in [2.05, 4.69) is 26.0 Å². The van der Waals surface area contributed by atoms with Crippen molar-refractivity contribution in [1.82, 2.24) is 0 Å². The first-order valence-electron chi connectivity index (χ1n) is 9.36. The number of Topliss-reactive ketones (excluding diaryl/α,β-unsaturated/α-hetero) is 2. The molecule has 4 saturated carbocycles. The van der Waals surface area contributed by atoms with Crippen LogP contribution in [-0.4, -0.2) is 11.6 Å². The predicted molar refractivity (Wildman–Crippen MR) is 88.7 cm³/mol. The number of allylic oxidation sites excluding steroid dienone is 4. The van der Waals surface area contributed by atoms with Gasteiger partial charge in [0.1, 0.15) is 11.6 Å². The van der Waals surface area contributed by atoms with Crippen molar-refractivity contribution in [2.75, 3.05) is 0 Å².